The fourth-order valence-electron chi connectivity index (χ4n) is 4.33. The summed E-state index contributed by atoms with van der Waals surface area (Å²) in [7, 11) is 0. The third kappa shape index (κ3) is 7.59. The van der Waals surface area contributed by atoms with E-state index < -0.39 is 40.9 Å². The monoisotopic (exact) mass is 565 g/mol. The molecule has 0 bridgehead atoms. The topological polar surface area (TPSA) is 132 Å². The fraction of sp³-hybridized carbons (Fsp3) is 0.355. The summed E-state index contributed by atoms with van der Waals surface area (Å²) in [6.07, 6.45) is -0.523. The molecule has 0 radical (unpaired) electrons. The summed E-state index contributed by atoms with van der Waals surface area (Å²) >= 11 is 0. The van der Waals surface area contributed by atoms with Gasteiger partial charge >= 0.3 is 12.1 Å². The molecule has 1 heterocycles. The summed E-state index contributed by atoms with van der Waals surface area (Å²) in [4.78, 5) is 52.3. The smallest absolute Gasteiger partial charge is 0.411 e. The Morgan fingerprint density at radius 1 is 1.05 bits per heavy atom. The van der Waals surface area contributed by atoms with Crippen molar-refractivity contribution in [2.45, 2.75) is 66.2 Å². The number of halogens is 1. The molecule has 41 heavy (non-hydrogen) atoms. The molecule has 3 rings (SSSR count). The summed E-state index contributed by atoms with van der Waals surface area (Å²) in [5.41, 5.74) is 6.56. The largest absolute Gasteiger partial charge is 0.480 e. The van der Waals surface area contributed by atoms with E-state index in [1.807, 2.05) is 13.8 Å². The number of pyridine rings is 1. The number of aryl methyl sites for hydroxylation is 1. The highest BCUT2D eigenvalue weighted by molar-refractivity contribution is 6.11. The van der Waals surface area contributed by atoms with Crippen LogP contribution in [0.25, 0.3) is 5.69 Å². The minimum absolute atomic E-state index is 0.00655. The highest BCUT2D eigenvalue weighted by atomic mass is 19.1. The number of amides is 1. The Bertz CT molecular complexity index is 1510. The van der Waals surface area contributed by atoms with Crippen molar-refractivity contribution in [3.63, 3.8) is 0 Å². The second-order valence-electron chi connectivity index (χ2n) is 11.4. The first-order valence-electron chi connectivity index (χ1n) is 13.2. The van der Waals surface area contributed by atoms with Gasteiger partial charge < -0.3 is 15.6 Å². The molecule has 2 aromatic carbocycles. The first kappa shape index (κ1) is 31.1. The van der Waals surface area contributed by atoms with Gasteiger partial charge in [-0.05, 0) is 87.6 Å². The molecular formula is C31H36FN3O6. The Balaban J connectivity index is 1.96. The molecule has 0 spiro atoms. The number of ether oxygens (including phenoxy) is 1. The number of nitrogens with two attached hydrogens (primary N) is 1. The van der Waals surface area contributed by atoms with E-state index in [1.165, 1.54) is 39.8 Å². The molecular weight excluding hydrogens is 529 g/mol. The molecule has 9 nitrogen and oxygen atoms in total. The third-order valence-electron chi connectivity index (χ3n) is 6.33. The summed E-state index contributed by atoms with van der Waals surface area (Å²) in [6.45, 7) is 10.3. The highest BCUT2D eigenvalue weighted by Crippen LogP contribution is 2.23. The molecule has 3 N–H and O–H groups in total. The molecule has 218 valence electrons. The number of carboxylic acid groups (broad SMARTS) is 1. The summed E-state index contributed by atoms with van der Waals surface area (Å²) in [5, 5.41) is 9.91. The number of rotatable bonds is 9. The number of benzene rings is 2. The zero-order chi connectivity index (χ0) is 30.6. The number of nitrogens with zero attached hydrogens (tertiary/aromatic N) is 2. The number of aliphatic carboxylic acids is 1. The van der Waals surface area contributed by atoms with Crippen LogP contribution in [-0.2, 0) is 16.1 Å². The van der Waals surface area contributed by atoms with Crippen molar-refractivity contribution >= 4 is 23.7 Å². The van der Waals surface area contributed by atoms with Crippen LogP contribution in [0.1, 0.15) is 68.1 Å². The molecule has 1 amide bonds. The molecule has 1 unspecified atom stereocenters. The number of nitrogen functional groups attached to an aromatic ring is 1. The number of carbonyl (C=O) groups is 3. The molecule has 0 saturated carbocycles. The van der Waals surface area contributed by atoms with E-state index >= 15 is 0 Å². The Morgan fingerprint density at radius 3 is 2.22 bits per heavy atom. The van der Waals surface area contributed by atoms with Crippen LogP contribution < -0.4 is 11.3 Å². The van der Waals surface area contributed by atoms with Gasteiger partial charge in [0.15, 0.2) is 5.78 Å². The van der Waals surface area contributed by atoms with Gasteiger partial charge in [-0.2, -0.15) is 0 Å². The van der Waals surface area contributed by atoms with Crippen LogP contribution in [0.3, 0.4) is 0 Å². The van der Waals surface area contributed by atoms with Crippen LogP contribution in [-0.4, -0.2) is 44.1 Å². The Kier molecular flexibility index (Phi) is 9.37. The predicted octanol–water partition coefficient (Wildman–Crippen LogP) is 5.33. The fourth-order valence-corrected chi connectivity index (χ4v) is 4.33. The van der Waals surface area contributed by atoms with Crippen LogP contribution in [0.4, 0.5) is 15.0 Å². The Morgan fingerprint density at radius 2 is 1.68 bits per heavy atom. The molecule has 1 aromatic heterocycles. The van der Waals surface area contributed by atoms with Crippen LogP contribution in [0.15, 0.2) is 59.4 Å². The molecule has 0 aliphatic carbocycles. The number of carboxylic acids is 1. The first-order valence-corrected chi connectivity index (χ1v) is 13.2. The first-order chi connectivity index (χ1) is 19.1. The molecule has 10 heteroatoms. The third-order valence-corrected chi connectivity index (χ3v) is 6.33. The van der Waals surface area contributed by atoms with E-state index in [9.17, 15) is 28.7 Å². The van der Waals surface area contributed by atoms with E-state index in [4.69, 9.17) is 10.5 Å². The lowest BCUT2D eigenvalue weighted by molar-refractivity contribution is -0.144. The summed E-state index contributed by atoms with van der Waals surface area (Å²) < 4.78 is 20.4. The van der Waals surface area contributed by atoms with E-state index in [0.717, 1.165) is 0 Å². The van der Waals surface area contributed by atoms with Crippen LogP contribution in [0.2, 0.25) is 0 Å². The van der Waals surface area contributed by atoms with Crippen molar-refractivity contribution in [2.75, 3.05) is 5.73 Å². The zero-order valence-electron chi connectivity index (χ0n) is 24.1. The zero-order valence-corrected chi connectivity index (χ0v) is 24.1. The lowest BCUT2D eigenvalue weighted by atomic mass is 10.0. The van der Waals surface area contributed by atoms with E-state index in [2.05, 4.69) is 0 Å². The second kappa shape index (κ2) is 12.4. The molecule has 0 fully saturated rings. The van der Waals surface area contributed by atoms with Gasteiger partial charge in [0.2, 0.25) is 0 Å². The number of carbonyl (C=O) groups excluding carboxylic acids is 2. The molecule has 0 aliphatic rings. The number of ketones is 1. The van der Waals surface area contributed by atoms with E-state index in [0.29, 0.717) is 16.8 Å². The van der Waals surface area contributed by atoms with Gasteiger partial charge in [0.05, 0.1) is 11.3 Å². The van der Waals surface area contributed by atoms with Gasteiger partial charge in [-0.15, -0.1) is 0 Å². The van der Waals surface area contributed by atoms with Crippen molar-refractivity contribution in [3.8, 4) is 5.69 Å². The van der Waals surface area contributed by atoms with Crippen molar-refractivity contribution in [2.24, 2.45) is 5.92 Å². The number of hydrogen-bond acceptors (Lipinski definition) is 6. The average molecular weight is 566 g/mol. The van der Waals surface area contributed by atoms with Crippen molar-refractivity contribution in [1.82, 2.24) is 9.47 Å². The summed E-state index contributed by atoms with van der Waals surface area (Å²) in [5.74, 6) is -2.13. The van der Waals surface area contributed by atoms with Crippen LogP contribution in [0.5, 0.6) is 0 Å². The maximum Gasteiger partial charge on any atom is 0.411 e. The number of anilines is 1. The minimum atomic E-state index is -1.14. The van der Waals surface area contributed by atoms with Crippen molar-refractivity contribution < 1.29 is 28.6 Å². The lowest BCUT2D eigenvalue weighted by Gasteiger charge is -2.32. The van der Waals surface area contributed by atoms with Gasteiger partial charge in [-0.3, -0.25) is 19.1 Å². The maximum atomic E-state index is 13.7. The van der Waals surface area contributed by atoms with E-state index in [1.54, 1.807) is 52.0 Å². The van der Waals surface area contributed by atoms with Gasteiger partial charge in [-0.1, -0.05) is 26.0 Å². The van der Waals surface area contributed by atoms with Crippen molar-refractivity contribution in [3.05, 3.63) is 93.0 Å². The van der Waals surface area contributed by atoms with Crippen LogP contribution >= 0.6 is 0 Å². The molecule has 1 atom stereocenters. The number of hydrogen-bond donors (Lipinski definition) is 2. The average Bonchev–Trinajstić information content (AvgIpc) is 2.87. The minimum Gasteiger partial charge on any atom is -0.480 e. The molecule has 0 aliphatic heterocycles. The van der Waals surface area contributed by atoms with Gasteiger partial charge in [0.25, 0.3) is 5.56 Å². The standard InChI is InChI=1S/C31H36FN3O6/c1-18(2)15-25(29(38)39)34(30(40)41-31(4,5)6)17-20-7-10-22(11-8-20)35-26(36)14-12-23(28(35)33)27(37)21-9-13-24(32)19(3)16-21/h7-14,16,18,25H,15,17,33H2,1-6H3,(H,38,39). The maximum absolute atomic E-state index is 13.7. The predicted molar refractivity (Wildman–Crippen MR) is 154 cm³/mol. The van der Waals surface area contributed by atoms with Gasteiger partial charge in [0, 0.05) is 18.2 Å². The highest BCUT2D eigenvalue weighted by Gasteiger charge is 2.33. The number of aromatic nitrogens is 1. The van der Waals surface area contributed by atoms with E-state index in [-0.39, 0.29) is 35.8 Å². The van der Waals surface area contributed by atoms with Crippen LogP contribution in [0, 0.1) is 18.7 Å². The molecule has 0 saturated heterocycles. The molecule has 3 aromatic rings. The quantitative estimate of drug-likeness (QED) is 0.335. The Labute approximate surface area is 238 Å². The van der Waals surface area contributed by atoms with Gasteiger partial charge in [0.1, 0.15) is 23.3 Å². The van der Waals surface area contributed by atoms with Crippen molar-refractivity contribution in [1.29, 1.82) is 0 Å². The normalized spacial score (nSPS) is 12.2. The Hall–Kier alpha value is -4.47. The second-order valence-corrected chi connectivity index (χ2v) is 11.4. The summed E-state index contributed by atoms with van der Waals surface area (Å²) in [6, 6.07) is 11.9. The van der Waals surface area contributed by atoms with Gasteiger partial charge in [-0.25, -0.2) is 14.0 Å². The SMILES string of the molecule is Cc1cc(C(=O)c2ccc(=O)n(-c3ccc(CN(C(=O)OC(C)(C)C)C(CC(C)C)C(=O)O)cc3)c2N)ccc1F. The lowest BCUT2D eigenvalue weighted by Crippen LogP contribution is -2.47.